The average Bonchev–Trinajstić information content (AvgIpc) is 3.14. The van der Waals surface area contributed by atoms with Crippen LogP contribution in [0.1, 0.15) is 45.6 Å². The number of hydrogen-bond acceptors (Lipinski definition) is 5. The number of benzene rings is 2. The fraction of sp³-hybridized carbons (Fsp3) is 0.462. The highest BCUT2D eigenvalue weighted by Gasteiger charge is 2.30. The normalized spacial score (nSPS) is 16.6. The molecule has 3 aromatic rings. The zero-order valence-electron chi connectivity index (χ0n) is 20.0. The Morgan fingerprint density at radius 1 is 1.12 bits per heavy atom. The second kappa shape index (κ2) is 9.73. The molecule has 0 spiro atoms. The summed E-state index contributed by atoms with van der Waals surface area (Å²) in [6.45, 7) is 7.76. The number of nitrogens with one attached hydrogen (secondary N) is 1. The van der Waals surface area contributed by atoms with Crippen LogP contribution in [0, 0.1) is 0 Å². The van der Waals surface area contributed by atoms with Crippen LogP contribution >= 0.6 is 0 Å². The number of aromatic nitrogens is 2. The van der Waals surface area contributed by atoms with Crippen LogP contribution in [-0.2, 0) is 11.3 Å². The zero-order valence-corrected chi connectivity index (χ0v) is 20.0. The highest BCUT2D eigenvalue weighted by atomic mass is 16.6. The molecule has 1 amide bonds. The van der Waals surface area contributed by atoms with Gasteiger partial charge in [-0.15, -0.1) is 0 Å². The molecule has 0 saturated carbocycles. The van der Waals surface area contributed by atoms with Crippen molar-refractivity contribution >= 4 is 23.1 Å². The summed E-state index contributed by atoms with van der Waals surface area (Å²) >= 11 is 0. The minimum atomic E-state index is -0.501. The fourth-order valence-corrected chi connectivity index (χ4v) is 4.27. The standard InChI is InChI=1S/C26H34N4O3/c1-26(2,3)33-25(31)29-16-8-7-9-20(29)17-27-24-28-22-10-5-6-11-23(22)30(24)18-19-12-14-21(32-4)15-13-19/h5-6,10-15,20H,7-9,16-18H2,1-4H3,(H,27,28). The largest absolute Gasteiger partial charge is 0.497 e. The summed E-state index contributed by atoms with van der Waals surface area (Å²) < 4.78 is 13.1. The monoisotopic (exact) mass is 450 g/mol. The SMILES string of the molecule is COc1ccc(Cn2c(NCC3CCCCN3C(=O)OC(C)(C)C)nc3ccccc32)cc1. The summed E-state index contributed by atoms with van der Waals surface area (Å²) in [5.41, 5.74) is 2.68. The predicted octanol–water partition coefficient (Wildman–Crippen LogP) is 5.29. The maximum absolute atomic E-state index is 12.8. The zero-order chi connectivity index (χ0) is 23.4. The van der Waals surface area contributed by atoms with Crippen LogP contribution in [0.2, 0.25) is 0 Å². The first-order valence-corrected chi connectivity index (χ1v) is 11.7. The number of carbonyl (C=O) groups is 1. The quantitative estimate of drug-likeness (QED) is 0.552. The van der Waals surface area contributed by atoms with E-state index in [4.69, 9.17) is 14.5 Å². The van der Waals surface area contributed by atoms with Crippen LogP contribution in [0.25, 0.3) is 11.0 Å². The summed E-state index contributed by atoms with van der Waals surface area (Å²) in [6, 6.07) is 16.3. The Bertz CT molecular complexity index is 1090. The van der Waals surface area contributed by atoms with E-state index in [0.29, 0.717) is 13.1 Å². The van der Waals surface area contributed by atoms with Crippen LogP contribution in [0.4, 0.5) is 10.7 Å². The first-order valence-electron chi connectivity index (χ1n) is 11.7. The second-order valence-corrected chi connectivity index (χ2v) is 9.56. The van der Waals surface area contributed by atoms with Crippen LogP contribution in [-0.4, -0.2) is 52.4 Å². The Labute approximate surface area is 195 Å². The van der Waals surface area contributed by atoms with Crippen molar-refractivity contribution in [1.82, 2.24) is 14.5 Å². The van der Waals surface area contributed by atoms with Crippen LogP contribution in [0.3, 0.4) is 0 Å². The van der Waals surface area contributed by atoms with Crippen LogP contribution in [0.5, 0.6) is 5.75 Å². The average molecular weight is 451 g/mol. The Balaban J connectivity index is 1.54. The number of carbonyl (C=O) groups excluding carboxylic acids is 1. The molecular weight excluding hydrogens is 416 g/mol. The molecule has 1 aromatic heterocycles. The first kappa shape index (κ1) is 23.0. The van der Waals surface area contributed by atoms with E-state index in [1.807, 2.05) is 56.0 Å². The Kier molecular flexibility index (Phi) is 6.77. The smallest absolute Gasteiger partial charge is 0.410 e. The molecule has 1 atom stereocenters. The number of fused-ring (bicyclic) bond motifs is 1. The lowest BCUT2D eigenvalue weighted by atomic mass is 10.0. The third kappa shape index (κ3) is 5.59. The van der Waals surface area contributed by atoms with Crippen molar-refractivity contribution in [1.29, 1.82) is 0 Å². The molecule has 1 unspecified atom stereocenters. The molecule has 2 aromatic carbocycles. The van der Waals surface area contributed by atoms with Crippen molar-refractivity contribution in [3.8, 4) is 5.75 Å². The topological polar surface area (TPSA) is 68.6 Å². The molecule has 4 rings (SSSR count). The lowest BCUT2D eigenvalue weighted by molar-refractivity contribution is 0.0114. The summed E-state index contributed by atoms with van der Waals surface area (Å²) in [4.78, 5) is 19.5. The molecule has 33 heavy (non-hydrogen) atoms. The number of likely N-dealkylation sites (tertiary alicyclic amines) is 1. The van der Waals surface area contributed by atoms with Gasteiger partial charge in [0.05, 0.1) is 30.7 Å². The number of hydrogen-bond donors (Lipinski definition) is 1. The first-order chi connectivity index (χ1) is 15.8. The van der Waals surface area contributed by atoms with Gasteiger partial charge in [0.15, 0.2) is 0 Å². The number of rotatable bonds is 6. The maximum Gasteiger partial charge on any atom is 0.410 e. The summed E-state index contributed by atoms with van der Waals surface area (Å²) in [7, 11) is 1.67. The van der Waals surface area contributed by atoms with Gasteiger partial charge in [-0.25, -0.2) is 9.78 Å². The number of amides is 1. The van der Waals surface area contributed by atoms with Gasteiger partial charge in [-0.2, -0.15) is 0 Å². The molecule has 1 N–H and O–H groups in total. The molecule has 0 aliphatic carbocycles. The Morgan fingerprint density at radius 3 is 2.61 bits per heavy atom. The highest BCUT2D eigenvalue weighted by Crippen LogP contribution is 2.24. The highest BCUT2D eigenvalue weighted by molar-refractivity contribution is 5.78. The van der Waals surface area contributed by atoms with Gasteiger partial charge < -0.3 is 24.3 Å². The van der Waals surface area contributed by atoms with Crippen molar-refractivity contribution in [2.45, 2.75) is 58.2 Å². The number of nitrogens with zero attached hydrogens (tertiary/aromatic N) is 3. The number of para-hydroxylation sites is 2. The van der Waals surface area contributed by atoms with Gasteiger partial charge >= 0.3 is 6.09 Å². The summed E-state index contributed by atoms with van der Waals surface area (Å²) in [5.74, 6) is 1.65. The molecule has 1 fully saturated rings. The van der Waals surface area contributed by atoms with Crippen LogP contribution in [0.15, 0.2) is 48.5 Å². The molecule has 7 nitrogen and oxygen atoms in total. The molecular formula is C26H34N4O3. The third-order valence-corrected chi connectivity index (χ3v) is 5.91. The Morgan fingerprint density at radius 2 is 1.88 bits per heavy atom. The lowest BCUT2D eigenvalue weighted by Gasteiger charge is -2.36. The summed E-state index contributed by atoms with van der Waals surface area (Å²) in [6.07, 6.45) is 2.82. The number of piperidine rings is 1. The molecule has 0 radical (unpaired) electrons. The van der Waals surface area contributed by atoms with E-state index in [9.17, 15) is 4.79 Å². The lowest BCUT2D eigenvalue weighted by Crippen LogP contribution is -2.49. The van der Waals surface area contributed by atoms with E-state index in [1.54, 1.807) is 7.11 Å². The van der Waals surface area contributed by atoms with E-state index in [1.165, 1.54) is 0 Å². The van der Waals surface area contributed by atoms with Gasteiger partial charge in [-0.1, -0.05) is 24.3 Å². The van der Waals surface area contributed by atoms with E-state index in [2.05, 4.69) is 28.1 Å². The molecule has 7 heteroatoms. The van der Waals surface area contributed by atoms with E-state index < -0.39 is 5.60 Å². The molecule has 1 aliphatic rings. The number of imidazole rings is 1. The van der Waals surface area contributed by atoms with Gasteiger partial charge in [0.1, 0.15) is 11.4 Å². The van der Waals surface area contributed by atoms with Gasteiger partial charge in [0.25, 0.3) is 0 Å². The van der Waals surface area contributed by atoms with Gasteiger partial charge in [0.2, 0.25) is 5.95 Å². The van der Waals surface area contributed by atoms with Gasteiger partial charge in [0, 0.05) is 13.1 Å². The third-order valence-electron chi connectivity index (χ3n) is 5.91. The number of ether oxygens (including phenoxy) is 2. The van der Waals surface area contributed by atoms with Crippen molar-refractivity contribution in [3.05, 3.63) is 54.1 Å². The minimum absolute atomic E-state index is 0.0721. The van der Waals surface area contributed by atoms with Crippen molar-refractivity contribution < 1.29 is 14.3 Å². The molecule has 0 bridgehead atoms. The van der Waals surface area contributed by atoms with Crippen molar-refractivity contribution in [2.75, 3.05) is 25.5 Å². The van der Waals surface area contributed by atoms with Crippen molar-refractivity contribution in [3.63, 3.8) is 0 Å². The Hall–Kier alpha value is -3.22. The summed E-state index contributed by atoms with van der Waals surface area (Å²) in [5, 5.41) is 3.54. The van der Waals surface area contributed by atoms with Crippen molar-refractivity contribution in [2.24, 2.45) is 0 Å². The second-order valence-electron chi connectivity index (χ2n) is 9.56. The van der Waals surface area contributed by atoms with Gasteiger partial charge in [-0.05, 0) is 69.9 Å². The minimum Gasteiger partial charge on any atom is -0.497 e. The van der Waals surface area contributed by atoms with E-state index in [0.717, 1.165) is 54.1 Å². The predicted molar refractivity (Wildman–Crippen MR) is 131 cm³/mol. The van der Waals surface area contributed by atoms with Gasteiger partial charge in [-0.3, -0.25) is 0 Å². The van der Waals surface area contributed by atoms with Crippen LogP contribution < -0.4 is 10.1 Å². The molecule has 2 heterocycles. The number of methoxy groups -OCH3 is 1. The molecule has 176 valence electrons. The van der Waals surface area contributed by atoms with E-state index in [-0.39, 0.29) is 12.1 Å². The number of anilines is 1. The maximum atomic E-state index is 12.8. The molecule has 1 saturated heterocycles. The van der Waals surface area contributed by atoms with E-state index >= 15 is 0 Å². The fourth-order valence-electron chi connectivity index (χ4n) is 4.27. The molecule has 1 aliphatic heterocycles.